The van der Waals surface area contributed by atoms with E-state index < -0.39 is 39.9 Å². The normalized spacial score (nSPS) is 19.3. The lowest BCUT2D eigenvalue weighted by Crippen LogP contribution is -2.49. The first-order valence-electron chi connectivity index (χ1n) is 13.7. The lowest BCUT2D eigenvalue weighted by molar-refractivity contribution is -0.127. The molecule has 2 aromatic rings. The highest BCUT2D eigenvalue weighted by atomic mass is 35.5. The van der Waals surface area contributed by atoms with Gasteiger partial charge < -0.3 is 5.32 Å². The summed E-state index contributed by atoms with van der Waals surface area (Å²) < 4.78 is 44.0. The summed E-state index contributed by atoms with van der Waals surface area (Å²) in [6.45, 7) is 0.317. The second-order valence-electron chi connectivity index (χ2n) is 10.2. The average Bonchev–Trinajstić information content (AvgIpc) is 3.40. The van der Waals surface area contributed by atoms with Crippen molar-refractivity contribution in [3.63, 3.8) is 0 Å². The van der Waals surface area contributed by atoms with Crippen LogP contribution in [0.5, 0.6) is 0 Å². The molecule has 2 aliphatic rings. The predicted octanol–water partition coefficient (Wildman–Crippen LogP) is 4.93. The summed E-state index contributed by atoms with van der Waals surface area (Å²) in [5.74, 6) is -1.40. The molecule has 2 atom stereocenters. The van der Waals surface area contributed by atoms with Crippen molar-refractivity contribution in [3.05, 3.63) is 64.9 Å². The van der Waals surface area contributed by atoms with Gasteiger partial charge in [0, 0.05) is 53.7 Å². The van der Waals surface area contributed by atoms with Crippen molar-refractivity contribution in [2.45, 2.75) is 69.5 Å². The number of nitrogens with zero attached hydrogens (tertiary/aromatic N) is 2. The van der Waals surface area contributed by atoms with E-state index in [1.54, 1.807) is 30.3 Å². The number of halogens is 3. The van der Waals surface area contributed by atoms with Gasteiger partial charge in [-0.05, 0) is 49.9 Å². The Hall–Kier alpha value is -2.24. The summed E-state index contributed by atoms with van der Waals surface area (Å²) in [5, 5.41) is 3.39. The van der Waals surface area contributed by atoms with Crippen LogP contribution in [0.1, 0.15) is 63.0 Å². The van der Waals surface area contributed by atoms with E-state index in [0.717, 1.165) is 32.1 Å². The molecule has 1 aliphatic heterocycles. The molecule has 0 bridgehead atoms. The van der Waals surface area contributed by atoms with Crippen LogP contribution < -0.4 is 14.9 Å². The molecule has 40 heavy (non-hydrogen) atoms. The number of alkyl halides is 1. The summed E-state index contributed by atoms with van der Waals surface area (Å²) in [4.78, 5) is 29.4. The Morgan fingerprint density at radius 2 is 1.80 bits per heavy atom. The predicted molar refractivity (Wildman–Crippen MR) is 155 cm³/mol. The zero-order chi connectivity index (χ0) is 28.7. The highest BCUT2D eigenvalue weighted by Gasteiger charge is 2.40. The lowest BCUT2D eigenvalue weighted by atomic mass is 9.94. The van der Waals surface area contributed by atoms with Gasteiger partial charge in [-0.3, -0.25) is 14.5 Å². The third kappa shape index (κ3) is 7.53. The van der Waals surface area contributed by atoms with Crippen LogP contribution in [0.2, 0.25) is 5.02 Å². The third-order valence-electron chi connectivity index (χ3n) is 7.43. The van der Waals surface area contributed by atoms with Gasteiger partial charge in [0.2, 0.25) is 11.8 Å². The molecule has 2 N–H and O–H groups in total. The smallest absolute Gasteiger partial charge is 0.279 e. The molecule has 1 aliphatic carbocycles. The first-order chi connectivity index (χ1) is 19.2. The minimum Gasteiger partial charge on any atom is -0.351 e. The van der Waals surface area contributed by atoms with Crippen molar-refractivity contribution >= 4 is 50.9 Å². The Labute approximate surface area is 245 Å². The second-order valence-corrected chi connectivity index (χ2v) is 12.7. The number of hydrogen-bond acceptors (Lipinski definition) is 4. The van der Waals surface area contributed by atoms with Crippen molar-refractivity contribution in [1.82, 2.24) is 14.3 Å². The minimum atomic E-state index is -3.86. The van der Waals surface area contributed by atoms with E-state index >= 15 is 0 Å². The molecule has 4 rings (SSSR count). The molecule has 12 heteroatoms. The van der Waals surface area contributed by atoms with Crippen LogP contribution >= 0.6 is 23.2 Å². The summed E-state index contributed by atoms with van der Waals surface area (Å²) in [7, 11) is -3.86. The molecule has 1 saturated carbocycles. The molecule has 0 aromatic heterocycles. The Morgan fingerprint density at radius 3 is 2.50 bits per heavy atom. The fraction of sp³-hybridized carbons (Fsp3) is 0.500. The van der Waals surface area contributed by atoms with Gasteiger partial charge in [0.15, 0.2) is 0 Å². The maximum atomic E-state index is 14.5. The second kappa shape index (κ2) is 14.1. The van der Waals surface area contributed by atoms with Crippen LogP contribution in [0.15, 0.2) is 48.5 Å². The maximum Gasteiger partial charge on any atom is 0.279 e. The van der Waals surface area contributed by atoms with Gasteiger partial charge in [0.05, 0.1) is 0 Å². The zero-order valence-corrected chi connectivity index (χ0v) is 24.5. The van der Waals surface area contributed by atoms with Crippen molar-refractivity contribution in [3.8, 4) is 0 Å². The van der Waals surface area contributed by atoms with Gasteiger partial charge in [-0.25, -0.2) is 9.11 Å². The van der Waals surface area contributed by atoms with Gasteiger partial charge in [-0.2, -0.15) is 12.7 Å². The Balaban J connectivity index is 1.71. The monoisotopic (exact) mass is 612 g/mol. The van der Waals surface area contributed by atoms with E-state index in [0.29, 0.717) is 18.4 Å². The first-order valence-corrected chi connectivity index (χ1v) is 16.0. The summed E-state index contributed by atoms with van der Waals surface area (Å²) in [6, 6.07) is 10.4. The van der Waals surface area contributed by atoms with E-state index in [1.165, 1.54) is 27.4 Å². The van der Waals surface area contributed by atoms with E-state index in [9.17, 15) is 22.4 Å². The van der Waals surface area contributed by atoms with Crippen LogP contribution in [0.4, 0.5) is 10.1 Å². The summed E-state index contributed by atoms with van der Waals surface area (Å²) in [5.41, 5.74) is 0.580. The minimum absolute atomic E-state index is 0.0424. The van der Waals surface area contributed by atoms with Crippen LogP contribution in [0, 0.1) is 5.82 Å². The molecule has 1 saturated heterocycles. The van der Waals surface area contributed by atoms with Crippen LogP contribution in [-0.2, 0) is 19.8 Å². The number of benzene rings is 2. The number of carbonyl (C=O) groups is 2. The number of anilines is 1. The van der Waals surface area contributed by atoms with E-state index in [4.69, 9.17) is 23.2 Å². The Kier molecular flexibility index (Phi) is 10.8. The third-order valence-corrected chi connectivity index (χ3v) is 9.63. The molecule has 1 heterocycles. The quantitative estimate of drug-likeness (QED) is 0.351. The molecule has 218 valence electrons. The lowest BCUT2D eigenvalue weighted by Gasteiger charge is -2.35. The molecule has 0 radical (unpaired) electrons. The van der Waals surface area contributed by atoms with Crippen LogP contribution in [0.3, 0.4) is 0 Å². The average molecular weight is 614 g/mol. The van der Waals surface area contributed by atoms with Crippen molar-refractivity contribution < 1.29 is 22.4 Å². The largest absolute Gasteiger partial charge is 0.351 e. The molecule has 0 spiro atoms. The summed E-state index contributed by atoms with van der Waals surface area (Å²) in [6.07, 6.45) is 5.62. The summed E-state index contributed by atoms with van der Waals surface area (Å²) >= 11 is 12.3. The van der Waals surface area contributed by atoms with Crippen molar-refractivity contribution in [2.75, 3.05) is 23.9 Å². The van der Waals surface area contributed by atoms with Gasteiger partial charge in [-0.15, -0.1) is 11.6 Å². The fourth-order valence-electron chi connectivity index (χ4n) is 5.56. The standard InChI is InChI=1S/C28H35Cl2FN4O4S/c29-15-16-32-40(38,39)34-17-7-12-22(34)19-26(36)35(23-11-6-8-20(31)18-23)27(24-13-4-5-14-25(24)30)28(37)33-21-9-2-1-3-10-21/h4-6,8,11,13-14,18,21-22,27,32H,1-3,7,9-10,12,15-17,19H2,(H,33,37)/t22-,27-/m0/s1. The molecule has 2 aromatic carbocycles. The van der Waals surface area contributed by atoms with Gasteiger partial charge >= 0.3 is 0 Å². The molecule has 0 unspecified atom stereocenters. The van der Waals surface area contributed by atoms with Gasteiger partial charge in [0.25, 0.3) is 10.2 Å². The van der Waals surface area contributed by atoms with Crippen molar-refractivity contribution in [2.24, 2.45) is 0 Å². The SMILES string of the molecule is O=C(NC1CCCCC1)[C@H](c1ccccc1Cl)N(C(=O)C[C@@H]1CCCN1S(=O)(=O)NCCCl)c1cccc(F)c1. The van der Waals surface area contributed by atoms with Crippen LogP contribution in [-0.4, -0.2) is 55.6 Å². The van der Waals surface area contributed by atoms with E-state index in [1.807, 2.05) is 0 Å². The number of amides is 2. The van der Waals surface area contributed by atoms with Gasteiger partial charge in [0.1, 0.15) is 11.9 Å². The number of nitrogens with one attached hydrogen (secondary N) is 2. The van der Waals surface area contributed by atoms with E-state index in [-0.39, 0.29) is 42.1 Å². The van der Waals surface area contributed by atoms with Gasteiger partial charge in [-0.1, -0.05) is 55.1 Å². The molecule has 8 nitrogen and oxygen atoms in total. The zero-order valence-electron chi connectivity index (χ0n) is 22.2. The highest BCUT2D eigenvalue weighted by Crippen LogP contribution is 2.35. The fourth-order valence-corrected chi connectivity index (χ4v) is 7.48. The Bertz CT molecular complexity index is 1290. The van der Waals surface area contributed by atoms with Crippen LogP contribution in [0.25, 0.3) is 0 Å². The molecular formula is C28H35Cl2FN4O4S. The Morgan fingerprint density at radius 1 is 1.05 bits per heavy atom. The van der Waals surface area contributed by atoms with E-state index in [2.05, 4.69) is 10.0 Å². The number of carbonyl (C=O) groups excluding carboxylic acids is 2. The molecule has 2 amide bonds. The number of rotatable bonds is 11. The topological polar surface area (TPSA) is 98.8 Å². The highest BCUT2D eigenvalue weighted by molar-refractivity contribution is 7.87. The van der Waals surface area contributed by atoms with Crippen molar-refractivity contribution in [1.29, 1.82) is 0 Å². The maximum absolute atomic E-state index is 14.5. The first kappa shape index (κ1) is 30.7. The molecule has 2 fully saturated rings. The molecular weight excluding hydrogens is 578 g/mol. The number of hydrogen-bond donors (Lipinski definition) is 2.